The van der Waals surface area contributed by atoms with Gasteiger partial charge in [0.15, 0.2) is 0 Å². The summed E-state index contributed by atoms with van der Waals surface area (Å²) in [6.45, 7) is 9.65. The minimum atomic E-state index is -0.225. The number of anilines is 1. The highest BCUT2D eigenvalue weighted by Crippen LogP contribution is 2.19. The van der Waals surface area contributed by atoms with Crippen molar-refractivity contribution in [1.29, 1.82) is 0 Å². The number of carbonyl (C=O) groups excluding carboxylic acids is 1. The minimum absolute atomic E-state index is 0.0201. The lowest BCUT2D eigenvalue weighted by Crippen LogP contribution is -2.43. The average molecular weight is 310 g/mol. The number of nitrogens with one attached hydrogen (secondary N) is 1. The first-order valence-electron chi connectivity index (χ1n) is 8.08. The zero-order chi connectivity index (χ0) is 16.7. The lowest BCUT2D eigenvalue weighted by molar-refractivity contribution is -0.120. The third-order valence-electron chi connectivity index (χ3n) is 4.09. The Labute approximate surface area is 133 Å². The van der Waals surface area contributed by atoms with E-state index in [0.29, 0.717) is 6.42 Å². The number of aromatic nitrogens is 2. The molecule has 0 saturated heterocycles. The Morgan fingerprint density at radius 3 is 2.50 bits per heavy atom. The first-order valence-corrected chi connectivity index (χ1v) is 8.08. The highest BCUT2D eigenvalue weighted by molar-refractivity contribution is 5.95. The van der Waals surface area contributed by atoms with E-state index in [1.165, 1.54) is 0 Å². The van der Waals surface area contributed by atoms with Crippen molar-refractivity contribution in [3.05, 3.63) is 11.4 Å². The van der Waals surface area contributed by atoms with Gasteiger partial charge in [-0.15, -0.1) is 0 Å². The smallest absolute Gasteiger partial charge is 0.241 e. The molecule has 1 amide bonds. The van der Waals surface area contributed by atoms with Crippen LogP contribution in [0.5, 0.6) is 0 Å². The molecule has 0 aliphatic rings. The summed E-state index contributed by atoms with van der Waals surface area (Å²) in [5.41, 5.74) is 2.58. The van der Waals surface area contributed by atoms with Gasteiger partial charge in [-0.25, -0.2) is 0 Å². The van der Waals surface area contributed by atoms with Crippen LogP contribution in [0.2, 0.25) is 0 Å². The third-order valence-corrected chi connectivity index (χ3v) is 4.09. The predicted molar refractivity (Wildman–Crippen MR) is 89.0 cm³/mol. The number of aryl methyl sites for hydroxylation is 2. The summed E-state index contributed by atoms with van der Waals surface area (Å²) in [4.78, 5) is 14.7. The monoisotopic (exact) mass is 310 g/mol. The van der Waals surface area contributed by atoms with E-state index >= 15 is 0 Å². The molecule has 1 rings (SSSR count). The maximum atomic E-state index is 12.5. The molecule has 1 unspecified atom stereocenters. The number of nitrogens with zero attached hydrogens (tertiary/aromatic N) is 3. The number of hydrogen-bond acceptors (Lipinski definition) is 4. The number of carbonyl (C=O) groups is 1. The molecule has 1 aromatic heterocycles. The fraction of sp³-hybridized carbons (Fsp3) is 0.750. The zero-order valence-corrected chi connectivity index (χ0v) is 14.5. The molecule has 126 valence electrons. The number of rotatable bonds is 9. The maximum Gasteiger partial charge on any atom is 0.241 e. The molecule has 0 bridgehead atoms. The lowest BCUT2D eigenvalue weighted by Gasteiger charge is -2.28. The lowest BCUT2D eigenvalue weighted by atomic mass is 10.2. The van der Waals surface area contributed by atoms with Gasteiger partial charge in [0.1, 0.15) is 0 Å². The van der Waals surface area contributed by atoms with Crippen LogP contribution in [0.3, 0.4) is 0 Å². The van der Waals surface area contributed by atoms with Crippen LogP contribution < -0.4 is 5.32 Å². The van der Waals surface area contributed by atoms with E-state index in [0.717, 1.165) is 43.0 Å². The van der Waals surface area contributed by atoms with E-state index in [-0.39, 0.29) is 18.6 Å². The van der Waals surface area contributed by atoms with E-state index in [1.807, 2.05) is 27.8 Å². The summed E-state index contributed by atoms with van der Waals surface area (Å²) >= 11 is 0. The van der Waals surface area contributed by atoms with Crippen molar-refractivity contribution in [3.63, 3.8) is 0 Å². The second kappa shape index (κ2) is 8.90. The number of aliphatic hydroxyl groups excluding tert-OH is 1. The van der Waals surface area contributed by atoms with Crippen LogP contribution in [0, 0.1) is 13.8 Å². The van der Waals surface area contributed by atoms with E-state index in [2.05, 4.69) is 22.2 Å². The molecule has 0 aliphatic carbocycles. The van der Waals surface area contributed by atoms with Crippen LogP contribution in [0.4, 0.5) is 5.69 Å². The molecule has 22 heavy (non-hydrogen) atoms. The van der Waals surface area contributed by atoms with Crippen LogP contribution in [-0.2, 0) is 11.8 Å². The summed E-state index contributed by atoms with van der Waals surface area (Å²) < 4.78 is 1.77. The molecule has 6 heteroatoms. The molecule has 0 spiro atoms. The molecule has 1 aromatic rings. The van der Waals surface area contributed by atoms with Gasteiger partial charge in [0.05, 0.1) is 23.1 Å². The third kappa shape index (κ3) is 4.81. The summed E-state index contributed by atoms with van der Waals surface area (Å²) in [5.74, 6) is -0.0201. The van der Waals surface area contributed by atoms with Gasteiger partial charge in [-0.05, 0) is 40.2 Å². The topological polar surface area (TPSA) is 70.4 Å². The van der Waals surface area contributed by atoms with E-state index in [4.69, 9.17) is 5.11 Å². The van der Waals surface area contributed by atoms with Crippen molar-refractivity contribution in [2.45, 2.75) is 53.0 Å². The zero-order valence-electron chi connectivity index (χ0n) is 14.5. The molecule has 1 atom stereocenters. The molecule has 0 aromatic carbocycles. The molecule has 0 fully saturated rings. The molecule has 0 radical (unpaired) electrons. The molecule has 1 heterocycles. The second-order valence-electron chi connectivity index (χ2n) is 5.80. The summed E-state index contributed by atoms with van der Waals surface area (Å²) in [6, 6.07) is -0.225. The van der Waals surface area contributed by atoms with Gasteiger partial charge in [-0.3, -0.25) is 14.4 Å². The standard InChI is InChI=1S/C16H30N4O2/c1-6-7-9-20(10-8-11-21)14(4)16(22)17-15-12(2)18-19(5)13(15)3/h14,21H,6-11H2,1-5H3,(H,17,22). The number of hydrogen-bond donors (Lipinski definition) is 2. The Bertz CT molecular complexity index is 477. The van der Waals surface area contributed by atoms with Crippen LogP contribution in [-0.4, -0.2) is 51.4 Å². The fourth-order valence-corrected chi connectivity index (χ4v) is 2.48. The summed E-state index contributed by atoms with van der Waals surface area (Å²) in [5, 5.41) is 16.4. The first-order chi connectivity index (χ1) is 10.4. The quantitative estimate of drug-likeness (QED) is 0.730. The second-order valence-corrected chi connectivity index (χ2v) is 5.80. The largest absolute Gasteiger partial charge is 0.396 e. The Kier molecular flexibility index (Phi) is 7.55. The highest BCUT2D eigenvalue weighted by atomic mass is 16.3. The Morgan fingerprint density at radius 1 is 1.36 bits per heavy atom. The number of unbranched alkanes of at least 4 members (excludes halogenated alkanes) is 1. The molecular formula is C16H30N4O2. The predicted octanol–water partition coefficient (Wildman–Crippen LogP) is 1.85. The van der Waals surface area contributed by atoms with Gasteiger partial charge in [-0.2, -0.15) is 5.10 Å². The summed E-state index contributed by atoms with van der Waals surface area (Å²) in [6.07, 6.45) is 2.82. The van der Waals surface area contributed by atoms with E-state index < -0.39 is 0 Å². The van der Waals surface area contributed by atoms with Gasteiger partial charge in [0.25, 0.3) is 0 Å². The molecule has 6 nitrogen and oxygen atoms in total. The van der Waals surface area contributed by atoms with Crippen molar-refractivity contribution in [1.82, 2.24) is 14.7 Å². The van der Waals surface area contributed by atoms with Gasteiger partial charge in [0, 0.05) is 20.2 Å². The van der Waals surface area contributed by atoms with Gasteiger partial charge < -0.3 is 10.4 Å². The first kappa shape index (κ1) is 18.6. The van der Waals surface area contributed by atoms with E-state index in [9.17, 15) is 4.79 Å². The Balaban J connectivity index is 2.75. The fourth-order valence-electron chi connectivity index (χ4n) is 2.48. The average Bonchev–Trinajstić information content (AvgIpc) is 2.73. The van der Waals surface area contributed by atoms with Crippen LogP contribution >= 0.6 is 0 Å². The molecule has 0 saturated carbocycles. The van der Waals surface area contributed by atoms with Crippen molar-refractivity contribution in [3.8, 4) is 0 Å². The van der Waals surface area contributed by atoms with E-state index in [1.54, 1.807) is 4.68 Å². The van der Waals surface area contributed by atoms with Gasteiger partial charge in [-0.1, -0.05) is 13.3 Å². The van der Waals surface area contributed by atoms with Gasteiger partial charge >= 0.3 is 0 Å². The van der Waals surface area contributed by atoms with Crippen LogP contribution in [0.15, 0.2) is 0 Å². The molecule has 0 aliphatic heterocycles. The molecule has 2 N–H and O–H groups in total. The van der Waals surface area contributed by atoms with Crippen molar-refractivity contribution in [2.75, 3.05) is 25.0 Å². The van der Waals surface area contributed by atoms with Crippen molar-refractivity contribution >= 4 is 11.6 Å². The van der Waals surface area contributed by atoms with Gasteiger partial charge in [0.2, 0.25) is 5.91 Å². The number of amides is 1. The minimum Gasteiger partial charge on any atom is -0.396 e. The Hall–Kier alpha value is -1.40. The SMILES string of the molecule is CCCCN(CCCO)C(C)C(=O)Nc1c(C)nn(C)c1C. The van der Waals surface area contributed by atoms with Crippen LogP contribution in [0.25, 0.3) is 0 Å². The normalized spacial score (nSPS) is 12.7. The molecular weight excluding hydrogens is 280 g/mol. The van der Waals surface area contributed by atoms with Crippen molar-refractivity contribution in [2.24, 2.45) is 7.05 Å². The Morgan fingerprint density at radius 2 is 2.00 bits per heavy atom. The van der Waals surface area contributed by atoms with Crippen LogP contribution in [0.1, 0.15) is 44.5 Å². The summed E-state index contributed by atoms with van der Waals surface area (Å²) in [7, 11) is 1.87. The van der Waals surface area contributed by atoms with Crippen molar-refractivity contribution < 1.29 is 9.90 Å². The number of aliphatic hydroxyl groups is 1. The maximum absolute atomic E-state index is 12.5. The highest BCUT2D eigenvalue weighted by Gasteiger charge is 2.22.